The Bertz CT molecular complexity index is 961. The van der Waals surface area contributed by atoms with E-state index in [-0.39, 0.29) is 17.8 Å². The van der Waals surface area contributed by atoms with Crippen LogP contribution in [-0.4, -0.2) is 27.8 Å². The molecule has 3 rings (SSSR count). The Morgan fingerprint density at radius 1 is 1.20 bits per heavy atom. The third-order valence-electron chi connectivity index (χ3n) is 4.37. The number of carbonyl (C=O) groups is 1. The number of aromatic nitrogens is 2. The standard InChI is InChI=1S/C19H20FN3OS/c1-10-8-16(15-7-6-14(20)9-17(15)21-10)19(24)23(5)11(2)18-12(3)25-13(4)22-18/h6-9,11H,1-5H3/t11-/m0/s1. The minimum atomic E-state index is -0.362. The highest BCUT2D eigenvalue weighted by Gasteiger charge is 2.24. The summed E-state index contributed by atoms with van der Waals surface area (Å²) >= 11 is 1.63. The molecule has 0 N–H and O–H groups in total. The van der Waals surface area contributed by atoms with Crippen LogP contribution < -0.4 is 0 Å². The van der Waals surface area contributed by atoms with Crippen molar-refractivity contribution in [3.05, 3.63) is 56.9 Å². The molecule has 3 aromatic rings. The number of hydrogen-bond acceptors (Lipinski definition) is 4. The van der Waals surface area contributed by atoms with Crippen LogP contribution in [0.4, 0.5) is 4.39 Å². The van der Waals surface area contributed by atoms with Gasteiger partial charge in [0.2, 0.25) is 0 Å². The molecule has 0 bridgehead atoms. The zero-order valence-electron chi connectivity index (χ0n) is 14.9. The Morgan fingerprint density at radius 2 is 1.92 bits per heavy atom. The molecule has 2 heterocycles. The molecule has 0 aliphatic rings. The number of nitrogens with zero attached hydrogens (tertiary/aromatic N) is 3. The van der Waals surface area contributed by atoms with Crippen molar-refractivity contribution in [1.29, 1.82) is 0 Å². The quantitative estimate of drug-likeness (QED) is 0.689. The second-order valence-electron chi connectivity index (χ2n) is 6.24. The zero-order chi connectivity index (χ0) is 18.3. The molecule has 1 amide bonds. The fourth-order valence-corrected chi connectivity index (χ4v) is 3.90. The van der Waals surface area contributed by atoms with Crippen molar-refractivity contribution in [3.8, 4) is 0 Å². The molecule has 0 saturated carbocycles. The summed E-state index contributed by atoms with van der Waals surface area (Å²) in [7, 11) is 1.77. The highest BCUT2D eigenvalue weighted by Crippen LogP contribution is 2.28. The molecular weight excluding hydrogens is 337 g/mol. The van der Waals surface area contributed by atoms with E-state index in [0.717, 1.165) is 15.6 Å². The van der Waals surface area contributed by atoms with Crippen molar-refractivity contribution in [2.45, 2.75) is 33.7 Å². The number of benzene rings is 1. The van der Waals surface area contributed by atoms with E-state index in [9.17, 15) is 9.18 Å². The van der Waals surface area contributed by atoms with Gasteiger partial charge in [-0.05, 0) is 45.9 Å². The molecule has 0 aliphatic carbocycles. The number of fused-ring (bicyclic) bond motifs is 1. The van der Waals surface area contributed by atoms with E-state index in [0.29, 0.717) is 22.2 Å². The number of carbonyl (C=O) groups excluding carboxylic acids is 1. The SMILES string of the molecule is Cc1cc(C(=O)N(C)[C@@H](C)c2nc(C)sc2C)c2ccc(F)cc2n1. The molecule has 0 spiro atoms. The van der Waals surface area contributed by atoms with Crippen LogP contribution in [0.15, 0.2) is 24.3 Å². The van der Waals surface area contributed by atoms with Crippen LogP contribution in [0.1, 0.15) is 44.6 Å². The number of thiazole rings is 1. The lowest BCUT2D eigenvalue weighted by Gasteiger charge is -2.25. The van der Waals surface area contributed by atoms with Gasteiger partial charge in [0.15, 0.2) is 0 Å². The van der Waals surface area contributed by atoms with Gasteiger partial charge in [0.05, 0.1) is 27.8 Å². The van der Waals surface area contributed by atoms with Crippen molar-refractivity contribution in [3.63, 3.8) is 0 Å². The van der Waals surface area contributed by atoms with Crippen LogP contribution in [0, 0.1) is 26.6 Å². The summed E-state index contributed by atoms with van der Waals surface area (Å²) in [6.45, 7) is 7.75. The number of aryl methyl sites for hydroxylation is 3. The summed E-state index contributed by atoms with van der Waals surface area (Å²) in [5.74, 6) is -0.487. The van der Waals surface area contributed by atoms with Gasteiger partial charge in [-0.2, -0.15) is 0 Å². The number of pyridine rings is 1. The van der Waals surface area contributed by atoms with Gasteiger partial charge in [-0.25, -0.2) is 9.37 Å². The highest BCUT2D eigenvalue weighted by molar-refractivity contribution is 7.11. The largest absolute Gasteiger partial charge is 0.333 e. The average Bonchev–Trinajstić information content (AvgIpc) is 2.90. The molecule has 0 fully saturated rings. The molecular formula is C19H20FN3OS. The van der Waals surface area contributed by atoms with E-state index in [2.05, 4.69) is 9.97 Å². The third-order valence-corrected chi connectivity index (χ3v) is 5.27. The second kappa shape index (κ2) is 6.52. The predicted molar refractivity (Wildman–Crippen MR) is 98.5 cm³/mol. The third kappa shape index (κ3) is 3.26. The van der Waals surface area contributed by atoms with E-state index in [1.165, 1.54) is 12.1 Å². The number of amides is 1. The minimum absolute atomic E-state index is 0.125. The summed E-state index contributed by atoms with van der Waals surface area (Å²) in [5, 5.41) is 1.64. The first kappa shape index (κ1) is 17.5. The summed E-state index contributed by atoms with van der Waals surface area (Å²) in [6.07, 6.45) is 0. The van der Waals surface area contributed by atoms with Gasteiger partial charge in [-0.3, -0.25) is 9.78 Å². The van der Waals surface area contributed by atoms with Gasteiger partial charge in [-0.1, -0.05) is 0 Å². The van der Waals surface area contributed by atoms with E-state index in [1.54, 1.807) is 42.3 Å². The molecule has 6 heteroatoms. The van der Waals surface area contributed by atoms with Crippen LogP contribution in [0.2, 0.25) is 0 Å². The number of halogens is 1. The Hall–Kier alpha value is -2.34. The summed E-state index contributed by atoms with van der Waals surface area (Å²) in [4.78, 5) is 24.8. The summed E-state index contributed by atoms with van der Waals surface area (Å²) in [6, 6.07) is 5.93. The second-order valence-corrected chi connectivity index (χ2v) is 7.65. The molecule has 130 valence electrons. The molecule has 4 nitrogen and oxygen atoms in total. The van der Waals surface area contributed by atoms with Gasteiger partial charge >= 0.3 is 0 Å². The Morgan fingerprint density at radius 3 is 2.56 bits per heavy atom. The minimum Gasteiger partial charge on any atom is -0.333 e. The van der Waals surface area contributed by atoms with Gasteiger partial charge in [0.1, 0.15) is 5.82 Å². The van der Waals surface area contributed by atoms with Gasteiger partial charge in [0, 0.05) is 29.1 Å². The molecule has 0 aliphatic heterocycles. The molecule has 2 aromatic heterocycles. The zero-order valence-corrected chi connectivity index (χ0v) is 15.7. The van der Waals surface area contributed by atoms with E-state index >= 15 is 0 Å². The van der Waals surface area contributed by atoms with Crippen molar-refractivity contribution in [2.24, 2.45) is 0 Å². The first-order valence-electron chi connectivity index (χ1n) is 8.06. The fraction of sp³-hybridized carbons (Fsp3) is 0.316. The van der Waals surface area contributed by atoms with E-state index in [4.69, 9.17) is 0 Å². The Kier molecular flexibility index (Phi) is 4.56. The maximum atomic E-state index is 13.5. The lowest BCUT2D eigenvalue weighted by molar-refractivity contribution is 0.0741. The molecule has 0 unspecified atom stereocenters. The van der Waals surface area contributed by atoms with Crippen LogP contribution in [0.3, 0.4) is 0 Å². The lowest BCUT2D eigenvalue weighted by Crippen LogP contribution is -2.30. The first-order valence-corrected chi connectivity index (χ1v) is 8.87. The molecule has 25 heavy (non-hydrogen) atoms. The Balaban J connectivity index is 2.03. The molecule has 1 aromatic carbocycles. The average molecular weight is 357 g/mol. The van der Waals surface area contributed by atoms with E-state index < -0.39 is 0 Å². The van der Waals surface area contributed by atoms with Gasteiger partial charge in [-0.15, -0.1) is 11.3 Å². The normalized spacial score (nSPS) is 12.4. The maximum absolute atomic E-state index is 13.5. The topological polar surface area (TPSA) is 46.1 Å². The number of rotatable bonds is 3. The number of hydrogen-bond donors (Lipinski definition) is 0. The van der Waals surface area contributed by atoms with Crippen LogP contribution in [-0.2, 0) is 0 Å². The van der Waals surface area contributed by atoms with Gasteiger partial charge < -0.3 is 4.90 Å². The van der Waals surface area contributed by atoms with Crippen LogP contribution >= 0.6 is 11.3 Å². The van der Waals surface area contributed by atoms with Crippen molar-refractivity contribution in [2.75, 3.05) is 7.05 Å². The van der Waals surface area contributed by atoms with Crippen LogP contribution in [0.25, 0.3) is 10.9 Å². The smallest absolute Gasteiger partial charge is 0.254 e. The summed E-state index contributed by atoms with van der Waals surface area (Å²) < 4.78 is 13.5. The lowest BCUT2D eigenvalue weighted by atomic mass is 10.1. The molecule has 0 saturated heterocycles. The first-order chi connectivity index (χ1) is 11.8. The van der Waals surface area contributed by atoms with E-state index in [1.807, 2.05) is 20.8 Å². The highest BCUT2D eigenvalue weighted by atomic mass is 32.1. The van der Waals surface area contributed by atoms with Crippen molar-refractivity contribution in [1.82, 2.24) is 14.9 Å². The maximum Gasteiger partial charge on any atom is 0.254 e. The monoisotopic (exact) mass is 357 g/mol. The Labute approximate surface area is 150 Å². The van der Waals surface area contributed by atoms with Crippen LogP contribution in [0.5, 0.6) is 0 Å². The van der Waals surface area contributed by atoms with Crippen molar-refractivity contribution < 1.29 is 9.18 Å². The summed E-state index contributed by atoms with van der Waals surface area (Å²) in [5.41, 5.74) is 2.62. The fourth-order valence-electron chi connectivity index (χ4n) is 2.99. The molecule has 0 radical (unpaired) electrons. The van der Waals surface area contributed by atoms with Gasteiger partial charge in [0.25, 0.3) is 5.91 Å². The van der Waals surface area contributed by atoms with Crippen molar-refractivity contribution >= 4 is 28.1 Å². The molecule has 1 atom stereocenters. The predicted octanol–water partition coefficient (Wildman–Crippen LogP) is 4.59.